The van der Waals surface area contributed by atoms with Crippen molar-refractivity contribution in [3.63, 3.8) is 0 Å². The first-order valence-electron chi connectivity index (χ1n) is 5.84. The number of non-ortho nitro benzene ring substituents is 1. The van der Waals surface area contributed by atoms with E-state index in [4.69, 9.17) is 10.5 Å². The van der Waals surface area contributed by atoms with Gasteiger partial charge in [0.05, 0.1) is 4.92 Å². The molecule has 0 aromatic heterocycles. The first-order chi connectivity index (χ1) is 9.06. The van der Waals surface area contributed by atoms with Crippen LogP contribution in [0.4, 0.5) is 5.69 Å². The molecule has 0 fully saturated rings. The van der Waals surface area contributed by atoms with Crippen LogP contribution in [0.15, 0.2) is 48.5 Å². The van der Waals surface area contributed by atoms with Gasteiger partial charge in [-0.15, -0.1) is 0 Å². The van der Waals surface area contributed by atoms with Crippen LogP contribution >= 0.6 is 0 Å². The molecule has 0 saturated carbocycles. The zero-order chi connectivity index (χ0) is 13.8. The summed E-state index contributed by atoms with van der Waals surface area (Å²) in [5.74, 6) is 1.22. The van der Waals surface area contributed by atoms with E-state index in [0.29, 0.717) is 11.5 Å². The minimum Gasteiger partial charge on any atom is -0.457 e. The Kier molecular flexibility index (Phi) is 3.77. The number of hydrogen-bond acceptors (Lipinski definition) is 4. The highest BCUT2D eigenvalue weighted by atomic mass is 16.6. The van der Waals surface area contributed by atoms with Gasteiger partial charge in [-0.1, -0.05) is 12.1 Å². The van der Waals surface area contributed by atoms with E-state index >= 15 is 0 Å². The lowest BCUT2D eigenvalue weighted by Crippen LogP contribution is -2.04. The maximum absolute atomic E-state index is 10.5. The molecule has 0 aliphatic rings. The number of nitrogens with two attached hydrogens (primary N) is 1. The lowest BCUT2D eigenvalue weighted by atomic mass is 10.1. The van der Waals surface area contributed by atoms with Crippen LogP contribution in [-0.4, -0.2) is 4.92 Å². The number of nitro benzene ring substituents is 1. The Morgan fingerprint density at radius 3 is 1.95 bits per heavy atom. The van der Waals surface area contributed by atoms with Crippen molar-refractivity contribution in [3.05, 3.63) is 64.2 Å². The molecule has 2 rings (SSSR count). The minimum absolute atomic E-state index is 0.0200. The van der Waals surface area contributed by atoms with Crippen LogP contribution < -0.4 is 10.5 Å². The number of nitro groups is 1. The van der Waals surface area contributed by atoms with Crippen LogP contribution in [0.1, 0.15) is 18.5 Å². The van der Waals surface area contributed by atoms with Crippen molar-refractivity contribution in [2.45, 2.75) is 13.0 Å². The summed E-state index contributed by atoms with van der Waals surface area (Å²) in [6.45, 7) is 1.91. The summed E-state index contributed by atoms with van der Waals surface area (Å²) in [7, 11) is 0. The SMILES string of the molecule is C[C@@H](N)c1ccc(Oc2ccc([N+](=O)[O-])cc2)cc1. The first-order valence-corrected chi connectivity index (χ1v) is 5.84. The molecule has 0 unspecified atom stereocenters. The Hall–Kier alpha value is -2.40. The van der Waals surface area contributed by atoms with Gasteiger partial charge < -0.3 is 10.5 Å². The molecular weight excluding hydrogens is 244 g/mol. The number of benzene rings is 2. The zero-order valence-electron chi connectivity index (χ0n) is 10.4. The molecule has 0 saturated heterocycles. The van der Waals surface area contributed by atoms with Crippen LogP contribution in [0, 0.1) is 10.1 Å². The smallest absolute Gasteiger partial charge is 0.269 e. The molecule has 2 aromatic rings. The van der Waals surface area contributed by atoms with E-state index in [1.165, 1.54) is 12.1 Å². The van der Waals surface area contributed by atoms with Gasteiger partial charge in [0.2, 0.25) is 0 Å². The Morgan fingerprint density at radius 2 is 1.53 bits per heavy atom. The minimum atomic E-state index is -0.443. The van der Waals surface area contributed by atoms with Gasteiger partial charge >= 0.3 is 0 Å². The van der Waals surface area contributed by atoms with E-state index in [-0.39, 0.29) is 11.7 Å². The molecule has 0 spiro atoms. The van der Waals surface area contributed by atoms with Crippen LogP contribution in [0.2, 0.25) is 0 Å². The van der Waals surface area contributed by atoms with E-state index in [0.717, 1.165) is 5.56 Å². The quantitative estimate of drug-likeness (QED) is 0.673. The molecule has 0 heterocycles. The second kappa shape index (κ2) is 5.49. The molecule has 1 atom stereocenters. The van der Waals surface area contributed by atoms with Gasteiger partial charge in [-0.25, -0.2) is 0 Å². The van der Waals surface area contributed by atoms with Crippen LogP contribution in [0.5, 0.6) is 11.5 Å². The highest BCUT2D eigenvalue weighted by Crippen LogP contribution is 2.24. The molecule has 0 radical (unpaired) electrons. The molecule has 0 aliphatic carbocycles. The second-order valence-electron chi connectivity index (χ2n) is 4.21. The lowest BCUT2D eigenvalue weighted by molar-refractivity contribution is -0.384. The lowest BCUT2D eigenvalue weighted by Gasteiger charge is -2.08. The van der Waals surface area contributed by atoms with Gasteiger partial charge in [0.1, 0.15) is 11.5 Å². The van der Waals surface area contributed by atoms with Crippen molar-refractivity contribution in [2.75, 3.05) is 0 Å². The largest absolute Gasteiger partial charge is 0.457 e. The van der Waals surface area contributed by atoms with Gasteiger partial charge in [-0.2, -0.15) is 0 Å². The average Bonchev–Trinajstić information content (AvgIpc) is 2.40. The van der Waals surface area contributed by atoms with Gasteiger partial charge in [-0.05, 0) is 36.8 Å². The maximum Gasteiger partial charge on any atom is 0.269 e. The molecule has 0 amide bonds. The van der Waals surface area contributed by atoms with E-state index in [2.05, 4.69) is 0 Å². The van der Waals surface area contributed by atoms with E-state index in [1.54, 1.807) is 12.1 Å². The number of rotatable bonds is 4. The number of nitrogens with zero attached hydrogens (tertiary/aromatic N) is 1. The summed E-state index contributed by atoms with van der Waals surface area (Å²) in [4.78, 5) is 10.1. The van der Waals surface area contributed by atoms with Crippen LogP contribution in [-0.2, 0) is 0 Å². The third kappa shape index (κ3) is 3.29. The average molecular weight is 258 g/mol. The van der Waals surface area contributed by atoms with Crippen LogP contribution in [0.3, 0.4) is 0 Å². The summed E-state index contributed by atoms with van der Waals surface area (Å²) >= 11 is 0. The third-order valence-corrected chi connectivity index (χ3v) is 2.69. The second-order valence-corrected chi connectivity index (χ2v) is 4.21. The van der Waals surface area contributed by atoms with Crippen LogP contribution in [0.25, 0.3) is 0 Å². The summed E-state index contributed by atoms with van der Waals surface area (Å²) in [6, 6.07) is 13.4. The fourth-order valence-electron chi connectivity index (χ4n) is 1.61. The fraction of sp³-hybridized carbons (Fsp3) is 0.143. The van der Waals surface area contributed by atoms with E-state index < -0.39 is 4.92 Å². The maximum atomic E-state index is 10.5. The van der Waals surface area contributed by atoms with Gasteiger partial charge in [0, 0.05) is 18.2 Å². The van der Waals surface area contributed by atoms with E-state index in [9.17, 15) is 10.1 Å². The first kappa shape index (κ1) is 13.0. The normalized spacial score (nSPS) is 11.9. The Morgan fingerprint density at radius 1 is 1.05 bits per heavy atom. The van der Waals surface area contributed by atoms with E-state index in [1.807, 2.05) is 31.2 Å². The molecule has 0 bridgehead atoms. The van der Waals surface area contributed by atoms with Crippen molar-refractivity contribution >= 4 is 5.69 Å². The summed E-state index contributed by atoms with van der Waals surface area (Å²) in [5.41, 5.74) is 6.82. The van der Waals surface area contributed by atoms with Crippen molar-refractivity contribution in [2.24, 2.45) is 5.73 Å². The Bertz CT molecular complexity index is 562. The zero-order valence-corrected chi connectivity index (χ0v) is 10.4. The summed E-state index contributed by atoms with van der Waals surface area (Å²) < 4.78 is 5.58. The predicted octanol–water partition coefficient (Wildman–Crippen LogP) is 3.41. The summed E-state index contributed by atoms with van der Waals surface area (Å²) in [6.07, 6.45) is 0. The Balaban J connectivity index is 2.10. The monoisotopic (exact) mass is 258 g/mol. The molecule has 5 heteroatoms. The van der Waals surface area contributed by atoms with Gasteiger partial charge in [0.15, 0.2) is 0 Å². The molecule has 98 valence electrons. The van der Waals surface area contributed by atoms with Crippen molar-refractivity contribution < 1.29 is 9.66 Å². The highest BCUT2D eigenvalue weighted by molar-refractivity contribution is 5.39. The van der Waals surface area contributed by atoms with Crippen molar-refractivity contribution in [3.8, 4) is 11.5 Å². The van der Waals surface area contributed by atoms with Crippen molar-refractivity contribution in [1.29, 1.82) is 0 Å². The number of hydrogen-bond donors (Lipinski definition) is 1. The molecule has 2 aromatic carbocycles. The molecule has 2 N–H and O–H groups in total. The fourth-order valence-corrected chi connectivity index (χ4v) is 1.61. The Labute approximate surface area is 110 Å². The highest BCUT2D eigenvalue weighted by Gasteiger charge is 2.05. The summed E-state index contributed by atoms with van der Waals surface area (Å²) in [5, 5.41) is 10.5. The number of ether oxygens (including phenoxy) is 1. The standard InChI is InChI=1S/C14H14N2O3/c1-10(15)11-2-6-13(7-3-11)19-14-8-4-12(5-9-14)16(17)18/h2-10H,15H2,1H3/t10-/m1/s1. The predicted molar refractivity (Wildman–Crippen MR) is 72.2 cm³/mol. The van der Waals surface area contributed by atoms with Crippen molar-refractivity contribution in [1.82, 2.24) is 0 Å². The molecule has 5 nitrogen and oxygen atoms in total. The topological polar surface area (TPSA) is 78.4 Å². The molecule has 0 aliphatic heterocycles. The van der Waals surface area contributed by atoms with Gasteiger partial charge in [0.25, 0.3) is 5.69 Å². The molecule has 19 heavy (non-hydrogen) atoms. The molecular formula is C14H14N2O3. The third-order valence-electron chi connectivity index (χ3n) is 2.69. The van der Waals surface area contributed by atoms with Gasteiger partial charge in [-0.3, -0.25) is 10.1 Å².